The lowest BCUT2D eigenvalue weighted by Crippen LogP contribution is -2.32. The van der Waals surface area contributed by atoms with Gasteiger partial charge in [0, 0.05) is 13.1 Å². The molecule has 0 unspecified atom stereocenters. The van der Waals surface area contributed by atoms with Crippen LogP contribution in [0.5, 0.6) is 0 Å². The number of hydrogen-bond acceptors (Lipinski definition) is 3. The molecule has 108 valence electrons. The first kappa shape index (κ1) is 16.1. The van der Waals surface area contributed by atoms with Crippen LogP contribution >= 0.6 is 0 Å². The van der Waals surface area contributed by atoms with E-state index in [0.29, 0.717) is 29.1 Å². The zero-order valence-electron chi connectivity index (χ0n) is 11.9. The van der Waals surface area contributed by atoms with Gasteiger partial charge >= 0.3 is 0 Å². The number of benzene rings is 1. The Labute approximate surface area is 116 Å². The summed E-state index contributed by atoms with van der Waals surface area (Å²) in [6.45, 7) is 6.52. The van der Waals surface area contributed by atoms with E-state index in [1.54, 1.807) is 25.1 Å². The summed E-state index contributed by atoms with van der Waals surface area (Å²) < 4.78 is 26.7. The quantitative estimate of drug-likeness (QED) is 0.836. The largest absolute Gasteiger partial charge is 0.392 e. The van der Waals surface area contributed by atoms with Gasteiger partial charge < -0.3 is 5.11 Å². The van der Waals surface area contributed by atoms with E-state index in [1.807, 2.05) is 13.8 Å². The van der Waals surface area contributed by atoms with Gasteiger partial charge in [0.05, 0.1) is 11.5 Å². The second-order valence-corrected chi connectivity index (χ2v) is 6.51. The van der Waals surface area contributed by atoms with Gasteiger partial charge in [-0.3, -0.25) is 0 Å². The van der Waals surface area contributed by atoms with Crippen molar-refractivity contribution in [2.45, 2.75) is 45.1 Å². The molecule has 0 aliphatic rings. The second-order valence-electron chi connectivity index (χ2n) is 4.61. The first-order valence-corrected chi connectivity index (χ1v) is 8.11. The topological polar surface area (TPSA) is 57.6 Å². The van der Waals surface area contributed by atoms with E-state index in [2.05, 4.69) is 0 Å². The highest BCUT2D eigenvalue weighted by Crippen LogP contribution is 2.21. The van der Waals surface area contributed by atoms with Gasteiger partial charge in [0.1, 0.15) is 0 Å². The van der Waals surface area contributed by atoms with E-state index in [-0.39, 0.29) is 6.61 Å². The Morgan fingerprint density at radius 2 is 1.95 bits per heavy atom. The molecule has 4 nitrogen and oxygen atoms in total. The molecule has 0 spiro atoms. The van der Waals surface area contributed by atoms with Gasteiger partial charge in [-0.05, 0) is 30.5 Å². The summed E-state index contributed by atoms with van der Waals surface area (Å²) in [6.07, 6.45) is 1.81. The molecule has 0 aromatic heterocycles. The molecule has 1 aromatic carbocycles. The molecule has 0 bridgehead atoms. The predicted molar refractivity (Wildman–Crippen MR) is 76.4 cm³/mol. The zero-order chi connectivity index (χ0) is 14.5. The van der Waals surface area contributed by atoms with Crippen LogP contribution in [0.4, 0.5) is 0 Å². The minimum Gasteiger partial charge on any atom is -0.392 e. The van der Waals surface area contributed by atoms with Crippen LogP contribution in [-0.4, -0.2) is 30.9 Å². The third-order valence-electron chi connectivity index (χ3n) is 3.17. The Morgan fingerprint density at radius 1 is 1.26 bits per heavy atom. The molecular weight excluding hydrogens is 262 g/mol. The van der Waals surface area contributed by atoms with Crippen molar-refractivity contribution in [1.29, 1.82) is 0 Å². The average Bonchev–Trinajstić information content (AvgIpc) is 2.39. The molecule has 1 N–H and O–H groups in total. The van der Waals surface area contributed by atoms with E-state index in [1.165, 1.54) is 4.31 Å². The van der Waals surface area contributed by atoms with Crippen molar-refractivity contribution in [2.24, 2.45) is 0 Å². The molecule has 1 rings (SSSR count). The second kappa shape index (κ2) is 7.03. The average molecular weight is 285 g/mol. The van der Waals surface area contributed by atoms with Gasteiger partial charge in [-0.1, -0.05) is 32.4 Å². The lowest BCUT2D eigenvalue weighted by Gasteiger charge is -2.21. The molecule has 0 radical (unpaired) electrons. The monoisotopic (exact) mass is 285 g/mol. The number of nitrogens with zero attached hydrogens (tertiary/aromatic N) is 1. The first-order chi connectivity index (χ1) is 8.97. The molecular formula is C14H23NO3S. The van der Waals surface area contributed by atoms with Crippen LogP contribution in [0.15, 0.2) is 23.1 Å². The summed E-state index contributed by atoms with van der Waals surface area (Å²) in [7, 11) is -3.46. The molecule has 0 fully saturated rings. The minimum absolute atomic E-state index is 0.149. The molecule has 0 heterocycles. The Bertz CT molecular complexity index is 511. The fourth-order valence-corrected chi connectivity index (χ4v) is 3.71. The molecule has 0 aliphatic heterocycles. The zero-order valence-corrected chi connectivity index (χ0v) is 12.7. The summed E-state index contributed by atoms with van der Waals surface area (Å²) >= 11 is 0. The molecule has 0 saturated carbocycles. The van der Waals surface area contributed by atoms with Gasteiger partial charge in [0.2, 0.25) is 10.0 Å². The maximum atomic E-state index is 12.6. The number of aliphatic hydroxyl groups is 1. The Morgan fingerprint density at radius 3 is 2.47 bits per heavy atom. The van der Waals surface area contributed by atoms with Crippen LogP contribution in [0.3, 0.4) is 0 Å². The van der Waals surface area contributed by atoms with Gasteiger partial charge in [-0.15, -0.1) is 0 Å². The molecule has 1 aromatic rings. The smallest absolute Gasteiger partial charge is 0.243 e. The van der Waals surface area contributed by atoms with E-state index >= 15 is 0 Å². The number of sulfonamides is 1. The van der Waals surface area contributed by atoms with Crippen LogP contribution < -0.4 is 0 Å². The summed E-state index contributed by atoms with van der Waals surface area (Å²) in [6, 6.07) is 5.06. The van der Waals surface area contributed by atoms with Crippen molar-refractivity contribution < 1.29 is 13.5 Å². The lowest BCUT2D eigenvalue weighted by molar-refractivity contribution is 0.281. The van der Waals surface area contributed by atoms with Crippen molar-refractivity contribution in [1.82, 2.24) is 4.31 Å². The maximum absolute atomic E-state index is 12.6. The molecule has 0 aliphatic carbocycles. The van der Waals surface area contributed by atoms with Gasteiger partial charge in [-0.25, -0.2) is 8.42 Å². The van der Waals surface area contributed by atoms with Crippen LogP contribution in [0.25, 0.3) is 0 Å². The standard InChI is InChI=1S/C14H23NO3S/c1-4-6-9-15(5-2)19(17,18)14-10-13(11-16)8-7-12(14)3/h7-8,10,16H,4-6,9,11H2,1-3H3. The fourth-order valence-electron chi connectivity index (χ4n) is 1.94. The third kappa shape index (κ3) is 3.78. The van der Waals surface area contributed by atoms with Crippen LogP contribution in [0.1, 0.15) is 37.8 Å². The van der Waals surface area contributed by atoms with Crippen molar-refractivity contribution in [3.05, 3.63) is 29.3 Å². The predicted octanol–water partition coefficient (Wildman–Crippen LogP) is 2.30. The van der Waals surface area contributed by atoms with Gasteiger partial charge in [0.15, 0.2) is 0 Å². The van der Waals surface area contributed by atoms with Gasteiger partial charge in [0.25, 0.3) is 0 Å². The number of aliphatic hydroxyl groups excluding tert-OH is 1. The molecule has 0 atom stereocenters. The van der Waals surface area contributed by atoms with Crippen molar-refractivity contribution in [2.75, 3.05) is 13.1 Å². The summed E-state index contributed by atoms with van der Waals surface area (Å²) in [5.41, 5.74) is 1.34. The highest BCUT2D eigenvalue weighted by Gasteiger charge is 2.24. The Kier molecular flexibility index (Phi) is 5.97. The van der Waals surface area contributed by atoms with Crippen molar-refractivity contribution >= 4 is 10.0 Å². The highest BCUT2D eigenvalue weighted by atomic mass is 32.2. The molecule has 0 amide bonds. The van der Waals surface area contributed by atoms with E-state index in [0.717, 1.165) is 12.8 Å². The highest BCUT2D eigenvalue weighted by molar-refractivity contribution is 7.89. The minimum atomic E-state index is -3.46. The normalized spacial score (nSPS) is 12.1. The third-order valence-corrected chi connectivity index (χ3v) is 5.28. The van der Waals surface area contributed by atoms with Crippen LogP contribution in [0, 0.1) is 6.92 Å². The maximum Gasteiger partial charge on any atom is 0.243 e. The van der Waals surface area contributed by atoms with Crippen LogP contribution in [-0.2, 0) is 16.6 Å². The fraction of sp³-hybridized carbons (Fsp3) is 0.571. The number of hydrogen-bond donors (Lipinski definition) is 1. The SMILES string of the molecule is CCCCN(CC)S(=O)(=O)c1cc(CO)ccc1C. The van der Waals surface area contributed by atoms with Crippen molar-refractivity contribution in [3.8, 4) is 0 Å². The summed E-state index contributed by atoms with van der Waals surface area (Å²) in [5.74, 6) is 0. The molecule has 19 heavy (non-hydrogen) atoms. The number of rotatable bonds is 7. The Hall–Kier alpha value is -0.910. The summed E-state index contributed by atoms with van der Waals surface area (Å²) in [5, 5.41) is 9.15. The van der Waals surface area contributed by atoms with Gasteiger partial charge in [-0.2, -0.15) is 4.31 Å². The summed E-state index contributed by atoms with van der Waals surface area (Å²) in [4.78, 5) is 0.303. The van der Waals surface area contributed by atoms with Crippen molar-refractivity contribution in [3.63, 3.8) is 0 Å². The van der Waals surface area contributed by atoms with E-state index in [4.69, 9.17) is 5.11 Å². The van der Waals surface area contributed by atoms with E-state index < -0.39 is 10.0 Å². The molecule has 5 heteroatoms. The number of unbranched alkanes of at least 4 members (excludes halogenated alkanes) is 1. The lowest BCUT2D eigenvalue weighted by atomic mass is 10.2. The number of aryl methyl sites for hydroxylation is 1. The first-order valence-electron chi connectivity index (χ1n) is 6.67. The van der Waals surface area contributed by atoms with Crippen LogP contribution in [0.2, 0.25) is 0 Å². The molecule has 0 saturated heterocycles. The van der Waals surface area contributed by atoms with E-state index in [9.17, 15) is 8.42 Å². The Balaban J connectivity index is 3.17.